The molecule has 16 heavy (non-hydrogen) atoms. The quantitative estimate of drug-likeness (QED) is 0.791. The highest BCUT2D eigenvalue weighted by atomic mass is 16.3. The van der Waals surface area contributed by atoms with Crippen molar-refractivity contribution in [1.29, 1.82) is 0 Å². The van der Waals surface area contributed by atoms with Crippen LogP contribution >= 0.6 is 0 Å². The Balaban J connectivity index is 2.83. The van der Waals surface area contributed by atoms with Crippen molar-refractivity contribution in [3.05, 3.63) is 17.5 Å². The molecule has 0 saturated heterocycles. The number of aryl methyl sites for hydroxylation is 2. The van der Waals surface area contributed by atoms with Gasteiger partial charge in [0.05, 0.1) is 17.4 Å². The molecule has 1 unspecified atom stereocenters. The maximum absolute atomic E-state index is 9.85. The van der Waals surface area contributed by atoms with E-state index in [0.29, 0.717) is 6.42 Å². The van der Waals surface area contributed by atoms with Gasteiger partial charge < -0.3 is 10.2 Å². The van der Waals surface area contributed by atoms with Crippen LogP contribution in [0.25, 0.3) is 0 Å². The van der Waals surface area contributed by atoms with Crippen LogP contribution in [-0.4, -0.2) is 31.7 Å². The lowest BCUT2D eigenvalue weighted by Crippen LogP contribution is -2.37. The number of aromatic nitrogens is 2. The average molecular weight is 226 g/mol. The molecule has 4 nitrogen and oxygen atoms in total. The maximum atomic E-state index is 9.85. The molecule has 4 heteroatoms. The topological polar surface area (TPSA) is 58.3 Å². The highest BCUT2D eigenvalue weighted by molar-refractivity contribution is 5.12. The van der Waals surface area contributed by atoms with Gasteiger partial charge in [0.2, 0.25) is 0 Å². The summed E-state index contributed by atoms with van der Waals surface area (Å²) in [5, 5.41) is 24.0. The summed E-state index contributed by atoms with van der Waals surface area (Å²) >= 11 is 0. The zero-order chi connectivity index (χ0) is 12.3. The molecule has 92 valence electrons. The van der Waals surface area contributed by atoms with Gasteiger partial charge in [-0.25, -0.2) is 0 Å². The smallest absolute Gasteiger partial charge is 0.0876 e. The Hall–Kier alpha value is -0.870. The highest BCUT2D eigenvalue weighted by Crippen LogP contribution is 2.15. The van der Waals surface area contributed by atoms with Crippen molar-refractivity contribution in [1.82, 2.24) is 9.78 Å². The first-order chi connectivity index (χ1) is 7.38. The molecule has 1 rings (SSSR count). The van der Waals surface area contributed by atoms with Gasteiger partial charge in [0, 0.05) is 18.7 Å². The number of hydrogen-bond donors (Lipinski definition) is 2. The van der Waals surface area contributed by atoms with Crippen molar-refractivity contribution in [2.45, 2.75) is 58.8 Å². The lowest BCUT2D eigenvalue weighted by atomic mass is 9.97. The third kappa shape index (κ3) is 3.06. The molecule has 0 aliphatic rings. The zero-order valence-electron chi connectivity index (χ0n) is 10.6. The second-order valence-corrected chi connectivity index (χ2v) is 4.67. The van der Waals surface area contributed by atoms with Gasteiger partial charge in [-0.15, -0.1) is 0 Å². The second-order valence-electron chi connectivity index (χ2n) is 4.67. The summed E-state index contributed by atoms with van der Waals surface area (Å²) in [6.45, 7) is 8.09. The summed E-state index contributed by atoms with van der Waals surface area (Å²) in [4.78, 5) is 0. The van der Waals surface area contributed by atoms with Crippen molar-refractivity contribution < 1.29 is 10.2 Å². The van der Waals surface area contributed by atoms with E-state index in [0.717, 1.165) is 24.4 Å². The molecular weight excluding hydrogens is 204 g/mol. The van der Waals surface area contributed by atoms with E-state index in [1.807, 2.05) is 17.7 Å². The SMILES string of the molecule is CCc1cc(CC(O)C(C)(C)O)n(CC)n1. The Morgan fingerprint density at radius 2 is 2.06 bits per heavy atom. The van der Waals surface area contributed by atoms with E-state index in [1.165, 1.54) is 0 Å². The van der Waals surface area contributed by atoms with Crippen LogP contribution < -0.4 is 0 Å². The molecular formula is C12H22N2O2. The van der Waals surface area contributed by atoms with E-state index in [4.69, 9.17) is 0 Å². The van der Waals surface area contributed by atoms with E-state index in [-0.39, 0.29) is 0 Å². The summed E-state index contributed by atoms with van der Waals surface area (Å²) < 4.78 is 1.88. The van der Waals surface area contributed by atoms with Crippen LogP contribution in [0.2, 0.25) is 0 Å². The third-order valence-electron chi connectivity index (χ3n) is 2.79. The molecule has 0 aromatic carbocycles. The van der Waals surface area contributed by atoms with Crippen molar-refractivity contribution in [3.63, 3.8) is 0 Å². The Morgan fingerprint density at radius 1 is 1.44 bits per heavy atom. The molecule has 0 aliphatic carbocycles. The Kier molecular flexibility index (Phi) is 4.10. The molecule has 1 atom stereocenters. The van der Waals surface area contributed by atoms with Gasteiger partial charge in [0.15, 0.2) is 0 Å². The molecule has 2 N–H and O–H groups in total. The highest BCUT2D eigenvalue weighted by Gasteiger charge is 2.25. The van der Waals surface area contributed by atoms with Crippen LogP contribution in [0.1, 0.15) is 39.1 Å². The van der Waals surface area contributed by atoms with E-state index in [9.17, 15) is 10.2 Å². The predicted octanol–water partition coefficient (Wildman–Crippen LogP) is 1.14. The van der Waals surface area contributed by atoms with Gasteiger partial charge in [-0.05, 0) is 33.3 Å². The van der Waals surface area contributed by atoms with Gasteiger partial charge in [0.25, 0.3) is 0 Å². The summed E-state index contributed by atoms with van der Waals surface area (Å²) in [6.07, 6.45) is 0.558. The Labute approximate surface area is 96.9 Å². The second kappa shape index (κ2) is 4.97. The summed E-state index contributed by atoms with van der Waals surface area (Å²) in [6, 6.07) is 2.00. The predicted molar refractivity (Wildman–Crippen MR) is 63.3 cm³/mol. The van der Waals surface area contributed by atoms with Gasteiger partial charge in [-0.2, -0.15) is 5.10 Å². The molecule has 0 radical (unpaired) electrons. The zero-order valence-corrected chi connectivity index (χ0v) is 10.6. The van der Waals surface area contributed by atoms with Crippen LogP contribution in [-0.2, 0) is 19.4 Å². The first-order valence-corrected chi connectivity index (χ1v) is 5.84. The van der Waals surface area contributed by atoms with Crippen molar-refractivity contribution in [2.75, 3.05) is 0 Å². The van der Waals surface area contributed by atoms with Crippen LogP contribution in [0.15, 0.2) is 6.07 Å². The van der Waals surface area contributed by atoms with Crippen LogP contribution in [0.3, 0.4) is 0 Å². The fourth-order valence-corrected chi connectivity index (χ4v) is 1.57. The van der Waals surface area contributed by atoms with Crippen molar-refractivity contribution in [3.8, 4) is 0 Å². The molecule has 0 aliphatic heterocycles. The Bertz CT molecular complexity index is 339. The van der Waals surface area contributed by atoms with Crippen LogP contribution in [0, 0.1) is 0 Å². The normalized spacial score (nSPS) is 14.1. The van der Waals surface area contributed by atoms with Gasteiger partial charge >= 0.3 is 0 Å². The van der Waals surface area contributed by atoms with E-state index >= 15 is 0 Å². The molecule has 0 saturated carbocycles. The first kappa shape index (κ1) is 13.2. The number of rotatable bonds is 5. The summed E-state index contributed by atoms with van der Waals surface area (Å²) in [5.41, 5.74) is 0.934. The molecule has 0 spiro atoms. The largest absolute Gasteiger partial charge is 0.390 e. The molecule has 0 bridgehead atoms. The lowest BCUT2D eigenvalue weighted by Gasteiger charge is -2.24. The van der Waals surface area contributed by atoms with Crippen LogP contribution in [0.4, 0.5) is 0 Å². The number of hydrogen-bond acceptors (Lipinski definition) is 3. The van der Waals surface area contributed by atoms with Crippen molar-refractivity contribution >= 4 is 0 Å². The molecule has 0 amide bonds. The van der Waals surface area contributed by atoms with Crippen molar-refractivity contribution in [2.24, 2.45) is 0 Å². The third-order valence-corrected chi connectivity index (χ3v) is 2.79. The molecule has 1 aromatic rings. The minimum atomic E-state index is -1.07. The average Bonchev–Trinajstić information content (AvgIpc) is 2.59. The molecule has 1 heterocycles. The van der Waals surface area contributed by atoms with Gasteiger partial charge in [0.1, 0.15) is 0 Å². The lowest BCUT2D eigenvalue weighted by molar-refractivity contribution is -0.0477. The van der Waals surface area contributed by atoms with E-state index < -0.39 is 11.7 Å². The monoisotopic (exact) mass is 226 g/mol. The Morgan fingerprint density at radius 3 is 2.50 bits per heavy atom. The standard InChI is InChI=1S/C12H22N2O2/c1-5-9-7-10(14(6-2)13-9)8-11(15)12(3,4)16/h7,11,15-16H,5-6,8H2,1-4H3. The minimum absolute atomic E-state index is 0.435. The van der Waals surface area contributed by atoms with E-state index in [1.54, 1.807) is 13.8 Å². The van der Waals surface area contributed by atoms with Gasteiger partial charge in [-0.1, -0.05) is 6.92 Å². The van der Waals surface area contributed by atoms with E-state index in [2.05, 4.69) is 12.0 Å². The number of aliphatic hydroxyl groups excluding tert-OH is 1. The minimum Gasteiger partial charge on any atom is -0.390 e. The fourth-order valence-electron chi connectivity index (χ4n) is 1.57. The number of nitrogens with zero attached hydrogens (tertiary/aromatic N) is 2. The first-order valence-electron chi connectivity index (χ1n) is 5.84. The fraction of sp³-hybridized carbons (Fsp3) is 0.750. The molecule has 0 fully saturated rings. The van der Waals surface area contributed by atoms with Gasteiger partial charge in [-0.3, -0.25) is 4.68 Å². The summed E-state index contributed by atoms with van der Waals surface area (Å²) in [7, 11) is 0. The van der Waals surface area contributed by atoms with Crippen LogP contribution in [0.5, 0.6) is 0 Å². The summed E-state index contributed by atoms with van der Waals surface area (Å²) in [5.74, 6) is 0. The maximum Gasteiger partial charge on any atom is 0.0876 e. The number of aliphatic hydroxyl groups is 2. The molecule has 1 aromatic heterocycles.